The Morgan fingerprint density at radius 1 is 1.19 bits per heavy atom. The van der Waals surface area contributed by atoms with Gasteiger partial charge in [0.05, 0.1) is 5.69 Å². The Morgan fingerprint density at radius 3 is 2.85 bits per heavy atom. The van der Waals surface area contributed by atoms with Gasteiger partial charge in [-0.3, -0.25) is 18.9 Å². The molecular formula is C21H28N4O2. The molecule has 0 aliphatic carbocycles. The number of rotatable bonds is 3. The van der Waals surface area contributed by atoms with Crippen molar-refractivity contribution < 1.29 is 4.79 Å². The molecule has 2 aromatic rings. The molecule has 1 amide bonds. The zero-order valence-corrected chi connectivity index (χ0v) is 16.3. The fraction of sp³-hybridized carbons (Fsp3) is 0.571. The minimum absolute atomic E-state index is 0.0258. The Kier molecular flexibility index (Phi) is 4.76. The third-order valence-electron chi connectivity index (χ3n) is 6.13. The van der Waals surface area contributed by atoms with Gasteiger partial charge in [0.15, 0.2) is 0 Å². The molecular weight excluding hydrogens is 340 g/mol. The van der Waals surface area contributed by atoms with Crippen molar-refractivity contribution >= 4 is 11.6 Å². The van der Waals surface area contributed by atoms with Gasteiger partial charge in [0.25, 0.3) is 5.56 Å². The van der Waals surface area contributed by atoms with Crippen LogP contribution in [0.4, 0.5) is 0 Å². The minimum atomic E-state index is -0.0258. The fourth-order valence-corrected chi connectivity index (χ4v) is 4.73. The van der Waals surface area contributed by atoms with E-state index in [-0.39, 0.29) is 11.0 Å². The lowest BCUT2D eigenvalue weighted by atomic mass is 9.73. The van der Waals surface area contributed by atoms with E-state index in [2.05, 4.69) is 11.8 Å². The maximum Gasteiger partial charge on any atom is 0.258 e. The van der Waals surface area contributed by atoms with Gasteiger partial charge in [0, 0.05) is 50.3 Å². The lowest BCUT2D eigenvalue weighted by Crippen LogP contribution is -2.53. The van der Waals surface area contributed by atoms with Crippen LogP contribution in [-0.4, -0.2) is 51.3 Å². The number of amides is 1. The second-order valence-corrected chi connectivity index (χ2v) is 8.24. The van der Waals surface area contributed by atoms with Crippen molar-refractivity contribution in [2.75, 3.05) is 26.2 Å². The number of carbonyl (C=O) groups is 1. The molecule has 0 radical (unpaired) electrons. The average molecular weight is 368 g/mol. The second-order valence-electron chi connectivity index (χ2n) is 8.24. The minimum Gasteiger partial charge on any atom is -0.342 e. The molecule has 2 aliphatic rings. The van der Waals surface area contributed by atoms with E-state index in [1.807, 2.05) is 24.0 Å². The number of aryl methyl sites for hydroxylation is 1. The number of piperidine rings is 2. The fourth-order valence-electron chi connectivity index (χ4n) is 4.73. The first-order chi connectivity index (χ1) is 13.0. The summed E-state index contributed by atoms with van der Waals surface area (Å²) < 4.78 is 1.60. The Bertz CT molecular complexity index is 922. The predicted molar refractivity (Wildman–Crippen MR) is 105 cm³/mol. The summed E-state index contributed by atoms with van der Waals surface area (Å²) >= 11 is 0. The van der Waals surface area contributed by atoms with Crippen molar-refractivity contribution in [1.29, 1.82) is 0 Å². The number of hydrogen-bond acceptors (Lipinski definition) is 4. The molecule has 0 aromatic carbocycles. The number of likely N-dealkylation sites (tertiary alicyclic amines) is 2. The van der Waals surface area contributed by atoms with Crippen LogP contribution in [0, 0.1) is 12.3 Å². The molecule has 4 heterocycles. The van der Waals surface area contributed by atoms with Crippen LogP contribution in [0.15, 0.2) is 29.2 Å². The Labute approximate surface area is 159 Å². The van der Waals surface area contributed by atoms with E-state index < -0.39 is 0 Å². The third-order valence-corrected chi connectivity index (χ3v) is 6.13. The first kappa shape index (κ1) is 18.2. The van der Waals surface area contributed by atoms with E-state index in [1.165, 1.54) is 6.42 Å². The molecule has 2 fully saturated rings. The van der Waals surface area contributed by atoms with Gasteiger partial charge in [0.2, 0.25) is 5.91 Å². The largest absolute Gasteiger partial charge is 0.342 e. The summed E-state index contributed by atoms with van der Waals surface area (Å²) in [4.78, 5) is 33.7. The lowest BCUT2D eigenvalue weighted by molar-refractivity contribution is -0.139. The zero-order valence-electron chi connectivity index (χ0n) is 16.3. The molecule has 2 aromatic heterocycles. The van der Waals surface area contributed by atoms with E-state index in [0.717, 1.165) is 50.3 Å². The monoisotopic (exact) mass is 368 g/mol. The highest BCUT2D eigenvalue weighted by Crippen LogP contribution is 2.39. The molecule has 6 nitrogen and oxygen atoms in total. The zero-order chi connectivity index (χ0) is 19.0. The average Bonchev–Trinajstić information content (AvgIpc) is 2.64. The van der Waals surface area contributed by atoms with Crippen LogP contribution < -0.4 is 5.56 Å². The number of hydrogen-bond donors (Lipinski definition) is 0. The maximum absolute atomic E-state index is 12.4. The highest BCUT2D eigenvalue weighted by molar-refractivity contribution is 5.77. The molecule has 2 saturated heterocycles. The molecule has 2 aliphatic heterocycles. The summed E-state index contributed by atoms with van der Waals surface area (Å²) in [6.07, 6.45) is 5.75. The van der Waals surface area contributed by atoms with Crippen LogP contribution in [0.25, 0.3) is 5.65 Å². The van der Waals surface area contributed by atoms with E-state index in [1.54, 1.807) is 16.7 Å². The summed E-state index contributed by atoms with van der Waals surface area (Å²) in [5.41, 5.74) is 2.82. The van der Waals surface area contributed by atoms with Crippen molar-refractivity contribution in [3.05, 3.63) is 46.0 Å². The summed E-state index contributed by atoms with van der Waals surface area (Å²) in [5.74, 6) is 0.292. The summed E-state index contributed by atoms with van der Waals surface area (Å²) in [5, 5.41) is 0. The first-order valence-electron chi connectivity index (χ1n) is 9.97. The van der Waals surface area contributed by atoms with Crippen LogP contribution in [-0.2, 0) is 11.3 Å². The first-order valence-corrected chi connectivity index (χ1v) is 9.97. The highest BCUT2D eigenvalue weighted by atomic mass is 16.2. The topological polar surface area (TPSA) is 57.9 Å². The normalized spacial score (nSPS) is 24.1. The van der Waals surface area contributed by atoms with Crippen molar-refractivity contribution in [3.8, 4) is 0 Å². The van der Waals surface area contributed by atoms with Gasteiger partial charge in [-0.15, -0.1) is 0 Å². The quantitative estimate of drug-likeness (QED) is 0.834. The number of fused-ring (bicyclic) bond motifs is 1. The molecule has 0 N–H and O–H groups in total. The van der Waals surface area contributed by atoms with Crippen LogP contribution in [0.1, 0.15) is 43.9 Å². The van der Waals surface area contributed by atoms with Gasteiger partial charge in [0.1, 0.15) is 5.65 Å². The van der Waals surface area contributed by atoms with Crippen LogP contribution in [0.2, 0.25) is 0 Å². The third kappa shape index (κ3) is 3.63. The van der Waals surface area contributed by atoms with Crippen molar-refractivity contribution in [2.45, 2.75) is 46.1 Å². The molecule has 0 bridgehead atoms. The Balaban J connectivity index is 1.54. The number of carbonyl (C=O) groups excluding carboxylic acids is 1. The van der Waals surface area contributed by atoms with E-state index in [9.17, 15) is 9.59 Å². The summed E-state index contributed by atoms with van der Waals surface area (Å²) in [7, 11) is 0. The van der Waals surface area contributed by atoms with Gasteiger partial charge in [-0.25, -0.2) is 4.98 Å². The molecule has 0 unspecified atom stereocenters. The number of nitrogens with zero attached hydrogens (tertiary/aromatic N) is 4. The van der Waals surface area contributed by atoms with E-state index in [0.29, 0.717) is 24.5 Å². The number of aromatic nitrogens is 2. The molecule has 6 heteroatoms. The molecule has 1 atom stereocenters. The van der Waals surface area contributed by atoms with Crippen molar-refractivity contribution in [3.63, 3.8) is 0 Å². The number of pyridine rings is 1. The van der Waals surface area contributed by atoms with Gasteiger partial charge >= 0.3 is 0 Å². The maximum atomic E-state index is 12.4. The van der Waals surface area contributed by atoms with E-state index in [4.69, 9.17) is 4.98 Å². The Hall–Kier alpha value is -2.21. The lowest BCUT2D eigenvalue weighted by Gasteiger charge is -2.48. The summed E-state index contributed by atoms with van der Waals surface area (Å²) in [6.45, 7) is 8.43. The second kappa shape index (κ2) is 7.08. The van der Waals surface area contributed by atoms with Crippen molar-refractivity contribution in [1.82, 2.24) is 19.2 Å². The highest BCUT2D eigenvalue weighted by Gasteiger charge is 2.41. The Morgan fingerprint density at radius 2 is 2.04 bits per heavy atom. The van der Waals surface area contributed by atoms with Gasteiger partial charge in [-0.2, -0.15) is 0 Å². The molecule has 27 heavy (non-hydrogen) atoms. The standard InChI is InChI=1S/C21H28N4O2/c1-3-24-15-21(8-5-19(24)26)7-4-9-23(14-21)13-17-12-20(27)25-10-6-16(2)11-18(25)22-17/h6,10-12H,3-5,7-9,13-15H2,1-2H3/t21-/m0/s1. The van der Waals surface area contributed by atoms with Gasteiger partial charge < -0.3 is 4.90 Å². The van der Waals surface area contributed by atoms with Crippen LogP contribution in [0.3, 0.4) is 0 Å². The summed E-state index contributed by atoms with van der Waals surface area (Å²) in [6, 6.07) is 5.54. The van der Waals surface area contributed by atoms with Gasteiger partial charge in [-0.05, 0) is 57.4 Å². The molecule has 144 valence electrons. The molecule has 4 rings (SSSR count). The predicted octanol–water partition coefficient (Wildman–Crippen LogP) is 2.23. The smallest absolute Gasteiger partial charge is 0.258 e. The molecule has 0 saturated carbocycles. The van der Waals surface area contributed by atoms with Crippen LogP contribution in [0.5, 0.6) is 0 Å². The van der Waals surface area contributed by atoms with Gasteiger partial charge in [-0.1, -0.05) is 0 Å². The van der Waals surface area contributed by atoms with Crippen LogP contribution >= 0.6 is 0 Å². The van der Waals surface area contributed by atoms with Crippen molar-refractivity contribution in [2.24, 2.45) is 5.41 Å². The SMILES string of the molecule is CCN1C[C@@]2(CCCN(Cc3cc(=O)n4ccc(C)cc4n3)C2)CCC1=O. The molecule has 1 spiro atoms. The van der Waals surface area contributed by atoms with E-state index >= 15 is 0 Å².